The van der Waals surface area contributed by atoms with Gasteiger partial charge in [-0.05, 0) is 18.9 Å². The molecule has 0 amide bonds. The Morgan fingerprint density at radius 3 is 2.55 bits per heavy atom. The van der Waals surface area contributed by atoms with Crippen molar-refractivity contribution in [3.05, 3.63) is 35.9 Å². The quantitative estimate of drug-likeness (QED) is 0.713. The molecule has 20 heavy (non-hydrogen) atoms. The second-order valence-corrected chi connectivity index (χ2v) is 6.16. The van der Waals surface area contributed by atoms with Gasteiger partial charge in [0, 0.05) is 32.2 Å². The van der Waals surface area contributed by atoms with Gasteiger partial charge in [0.15, 0.2) is 0 Å². The van der Waals surface area contributed by atoms with Crippen molar-refractivity contribution in [2.24, 2.45) is 5.41 Å². The number of nitrogens with one attached hydrogen (secondary N) is 1. The van der Waals surface area contributed by atoms with Crippen LogP contribution in [0.2, 0.25) is 0 Å². The Hall–Kier alpha value is -0.900. The van der Waals surface area contributed by atoms with Gasteiger partial charge in [-0.3, -0.25) is 0 Å². The van der Waals surface area contributed by atoms with Crippen LogP contribution in [0, 0.1) is 5.41 Å². The Morgan fingerprint density at radius 1 is 1.20 bits per heavy atom. The van der Waals surface area contributed by atoms with E-state index in [0.717, 1.165) is 32.7 Å². The Kier molecular flexibility index (Phi) is 7.82. The highest BCUT2D eigenvalue weighted by Crippen LogP contribution is 2.16. The molecule has 0 fully saturated rings. The standard InChI is InChI=1S/C17H29NO2/c1-15(10-11-19-4)20-14-17(2,3)13-18-12-16-8-6-5-7-9-16/h5-9,15,18H,10-14H2,1-4H3. The summed E-state index contributed by atoms with van der Waals surface area (Å²) in [4.78, 5) is 0. The van der Waals surface area contributed by atoms with Gasteiger partial charge in [0.1, 0.15) is 0 Å². The number of hydrogen-bond donors (Lipinski definition) is 1. The molecule has 0 aliphatic carbocycles. The minimum absolute atomic E-state index is 0.135. The van der Waals surface area contributed by atoms with Crippen LogP contribution in [0.3, 0.4) is 0 Å². The number of hydrogen-bond acceptors (Lipinski definition) is 3. The first-order chi connectivity index (χ1) is 9.53. The molecule has 3 heteroatoms. The second kappa shape index (κ2) is 9.11. The van der Waals surface area contributed by atoms with Crippen LogP contribution in [0.1, 0.15) is 32.8 Å². The first-order valence-corrected chi connectivity index (χ1v) is 7.39. The van der Waals surface area contributed by atoms with Gasteiger partial charge in [0.05, 0.1) is 12.7 Å². The van der Waals surface area contributed by atoms with Gasteiger partial charge >= 0.3 is 0 Å². The predicted molar refractivity (Wildman–Crippen MR) is 83.8 cm³/mol. The molecular weight excluding hydrogens is 250 g/mol. The van der Waals surface area contributed by atoms with Crippen molar-refractivity contribution in [2.45, 2.75) is 39.8 Å². The fraction of sp³-hybridized carbons (Fsp3) is 0.647. The van der Waals surface area contributed by atoms with Crippen molar-refractivity contribution in [1.82, 2.24) is 5.32 Å². The molecule has 1 atom stereocenters. The maximum atomic E-state index is 5.89. The van der Waals surface area contributed by atoms with Crippen LogP contribution in [0.15, 0.2) is 30.3 Å². The predicted octanol–water partition coefficient (Wildman–Crippen LogP) is 3.24. The molecule has 0 radical (unpaired) electrons. The van der Waals surface area contributed by atoms with Crippen molar-refractivity contribution < 1.29 is 9.47 Å². The molecule has 0 bridgehead atoms. The molecule has 1 aromatic rings. The zero-order valence-corrected chi connectivity index (χ0v) is 13.3. The second-order valence-electron chi connectivity index (χ2n) is 6.16. The molecule has 0 aromatic heterocycles. The van der Waals surface area contributed by atoms with Gasteiger partial charge in [-0.1, -0.05) is 44.2 Å². The summed E-state index contributed by atoms with van der Waals surface area (Å²) in [7, 11) is 1.73. The molecule has 0 saturated heterocycles. The summed E-state index contributed by atoms with van der Waals surface area (Å²) in [6, 6.07) is 10.5. The number of rotatable bonds is 10. The van der Waals surface area contributed by atoms with Gasteiger partial charge in [0.25, 0.3) is 0 Å². The van der Waals surface area contributed by atoms with Crippen LogP contribution in [-0.4, -0.2) is 33.0 Å². The van der Waals surface area contributed by atoms with Gasteiger partial charge in [-0.25, -0.2) is 0 Å². The smallest absolute Gasteiger partial charge is 0.0569 e. The fourth-order valence-electron chi connectivity index (χ4n) is 1.93. The van der Waals surface area contributed by atoms with Crippen molar-refractivity contribution in [3.8, 4) is 0 Å². The average Bonchev–Trinajstić information content (AvgIpc) is 2.44. The van der Waals surface area contributed by atoms with Crippen molar-refractivity contribution in [2.75, 3.05) is 26.9 Å². The summed E-state index contributed by atoms with van der Waals surface area (Å²) in [5.74, 6) is 0. The Labute approximate surface area is 123 Å². The van der Waals surface area contributed by atoms with Crippen molar-refractivity contribution in [3.63, 3.8) is 0 Å². The summed E-state index contributed by atoms with van der Waals surface area (Å²) in [5.41, 5.74) is 1.45. The average molecular weight is 279 g/mol. The van der Waals surface area contributed by atoms with E-state index < -0.39 is 0 Å². The van der Waals surface area contributed by atoms with Gasteiger partial charge in [0.2, 0.25) is 0 Å². The van der Waals surface area contributed by atoms with Gasteiger partial charge < -0.3 is 14.8 Å². The molecule has 0 spiro atoms. The molecule has 0 aliphatic heterocycles. The lowest BCUT2D eigenvalue weighted by Crippen LogP contribution is -2.34. The normalized spacial score (nSPS) is 13.4. The zero-order chi connectivity index (χ0) is 14.8. The van der Waals surface area contributed by atoms with Crippen LogP contribution in [-0.2, 0) is 16.0 Å². The lowest BCUT2D eigenvalue weighted by molar-refractivity contribution is -0.00224. The molecule has 0 heterocycles. The highest BCUT2D eigenvalue weighted by Gasteiger charge is 2.19. The van der Waals surface area contributed by atoms with E-state index in [1.807, 2.05) is 6.07 Å². The first-order valence-electron chi connectivity index (χ1n) is 7.39. The summed E-state index contributed by atoms with van der Waals surface area (Å²) in [5, 5.41) is 3.50. The third-order valence-corrected chi connectivity index (χ3v) is 3.26. The molecule has 1 unspecified atom stereocenters. The third kappa shape index (κ3) is 7.63. The first kappa shape index (κ1) is 17.2. The van der Waals surface area contributed by atoms with Crippen molar-refractivity contribution >= 4 is 0 Å². The maximum Gasteiger partial charge on any atom is 0.0569 e. The van der Waals surface area contributed by atoms with E-state index in [9.17, 15) is 0 Å². The Morgan fingerprint density at radius 2 is 1.90 bits per heavy atom. The van der Waals surface area contributed by atoms with Crippen LogP contribution < -0.4 is 5.32 Å². The Balaban J connectivity index is 2.20. The largest absolute Gasteiger partial charge is 0.385 e. The highest BCUT2D eigenvalue weighted by atomic mass is 16.5. The van der Waals surface area contributed by atoms with Crippen molar-refractivity contribution in [1.29, 1.82) is 0 Å². The maximum absolute atomic E-state index is 5.89. The molecule has 1 N–H and O–H groups in total. The fourth-order valence-corrected chi connectivity index (χ4v) is 1.93. The van der Waals surface area contributed by atoms with E-state index in [1.54, 1.807) is 7.11 Å². The molecule has 0 aliphatic rings. The van der Waals surface area contributed by atoms with Crippen LogP contribution >= 0.6 is 0 Å². The summed E-state index contributed by atoms with van der Waals surface area (Å²) < 4.78 is 11.0. The third-order valence-electron chi connectivity index (χ3n) is 3.26. The molecule has 0 saturated carbocycles. The lowest BCUT2D eigenvalue weighted by atomic mass is 9.94. The number of ether oxygens (including phenoxy) is 2. The monoisotopic (exact) mass is 279 g/mol. The van der Waals surface area contributed by atoms with Crippen LogP contribution in [0.5, 0.6) is 0 Å². The Bertz CT molecular complexity index is 351. The van der Waals surface area contributed by atoms with E-state index in [-0.39, 0.29) is 11.5 Å². The topological polar surface area (TPSA) is 30.5 Å². The van der Waals surface area contributed by atoms with Gasteiger partial charge in [-0.15, -0.1) is 0 Å². The molecule has 114 valence electrons. The molecule has 3 nitrogen and oxygen atoms in total. The van der Waals surface area contributed by atoms with E-state index in [0.29, 0.717) is 0 Å². The van der Waals surface area contributed by atoms with E-state index >= 15 is 0 Å². The van der Waals surface area contributed by atoms with Crippen LogP contribution in [0.25, 0.3) is 0 Å². The summed E-state index contributed by atoms with van der Waals surface area (Å²) in [6.45, 7) is 9.93. The highest BCUT2D eigenvalue weighted by molar-refractivity contribution is 5.14. The molecule has 1 rings (SSSR count). The van der Waals surface area contributed by atoms with E-state index in [4.69, 9.17) is 9.47 Å². The number of benzene rings is 1. The summed E-state index contributed by atoms with van der Waals surface area (Å²) >= 11 is 0. The summed E-state index contributed by atoms with van der Waals surface area (Å²) in [6.07, 6.45) is 1.20. The molecular formula is C17H29NO2. The van der Waals surface area contributed by atoms with E-state index in [1.165, 1.54) is 5.56 Å². The minimum atomic E-state index is 0.135. The molecule has 1 aromatic carbocycles. The zero-order valence-electron chi connectivity index (χ0n) is 13.3. The minimum Gasteiger partial charge on any atom is -0.385 e. The van der Waals surface area contributed by atoms with E-state index in [2.05, 4.69) is 50.4 Å². The van der Waals surface area contributed by atoms with Crippen LogP contribution in [0.4, 0.5) is 0 Å². The number of methoxy groups -OCH3 is 1. The van der Waals surface area contributed by atoms with Gasteiger partial charge in [-0.2, -0.15) is 0 Å². The SMILES string of the molecule is COCCC(C)OCC(C)(C)CNCc1ccccc1. The lowest BCUT2D eigenvalue weighted by Gasteiger charge is -2.27.